The number of halogens is 3. The number of cyclic esters (lactones) is 1. The minimum Gasteiger partial charge on any atom is -0.447 e. The van der Waals surface area contributed by atoms with Gasteiger partial charge >= 0.3 is 12.5 Å². The number of sulfonamides is 1. The molecule has 0 radical (unpaired) electrons. The highest BCUT2D eigenvalue weighted by Crippen LogP contribution is 2.44. The fourth-order valence-electron chi connectivity index (χ4n) is 4.77. The molecular weight excluding hydrogens is 479 g/mol. The van der Waals surface area contributed by atoms with E-state index in [-0.39, 0.29) is 34.9 Å². The number of amides is 2. The number of hydrogen-bond donors (Lipinski definition) is 2. The Morgan fingerprint density at radius 3 is 2.59 bits per heavy atom. The highest BCUT2D eigenvalue weighted by atomic mass is 32.2. The van der Waals surface area contributed by atoms with Crippen LogP contribution in [-0.2, 0) is 19.6 Å². The molecule has 2 heterocycles. The monoisotopic (exact) mass is 505 g/mol. The number of hydrogen-bond acceptors (Lipinski definition) is 6. The third kappa shape index (κ3) is 5.93. The third-order valence-electron chi connectivity index (χ3n) is 6.57. The van der Waals surface area contributed by atoms with Gasteiger partial charge in [0.1, 0.15) is 12.4 Å². The molecule has 4 rings (SSSR count). The highest BCUT2D eigenvalue weighted by Gasteiger charge is 2.47. The summed E-state index contributed by atoms with van der Waals surface area (Å²) in [7, 11) is -4.01. The van der Waals surface area contributed by atoms with E-state index in [1.54, 1.807) is 4.90 Å². The van der Waals surface area contributed by atoms with Crippen molar-refractivity contribution >= 4 is 22.0 Å². The van der Waals surface area contributed by atoms with Crippen LogP contribution in [0.3, 0.4) is 0 Å². The Bertz CT molecular complexity index is 1030. The number of rotatable bonds is 7. The number of nitrogens with zero attached hydrogens (tertiary/aromatic N) is 1. The Labute approximate surface area is 195 Å². The van der Waals surface area contributed by atoms with Crippen LogP contribution in [0, 0.1) is 5.41 Å². The fraction of sp³-hybridized carbons (Fsp3) is 0.619. The highest BCUT2D eigenvalue weighted by molar-refractivity contribution is 7.89. The number of benzene rings is 1. The van der Waals surface area contributed by atoms with Gasteiger partial charge in [0.2, 0.25) is 15.9 Å². The molecular formula is C21H26F3N3O6S. The number of carbonyl (C=O) groups is 2. The van der Waals surface area contributed by atoms with Crippen LogP contribution < -0.4 is 14.8 Å². The Balaban J connectivity index is 1.23. The van der Waals surface area contributed by atoms with Crippen molar-refractivity contribution in [3.05, 3.63) is 24.3 Å². The molecule has 2 aliphatic heterocycles. The number of alkyl carbamates (subject to hydrolysis) is 1. The van der Waals surface area contributed by atoms with Crippen LogP contribution in [0.5, 0.6) is 5.75 Å². The maximum atomic E-state index is 12.7. The molecule has 2 saturated heterocycles. The van der Waals surface area contributed by atoms with Gasteiger partial charge < -0.3 is 19.7 Å². The average Bonchev–Trinajstić information content (AvgIpc) is 3.15. The number of carbonyl (C=O) groups excluding carboxylic acids is 2. The standard InChI is InChI=1S/C21H26F3N3O6S/c22-21(23,24)33-16-2-1-3-17(10-16)34(30,31)26-14-6-8-20(9-7-14)12-27(13-20)18(28)5-4-15-11-32-19(29)25-15/h1-3,10,14-15,26H,4-9,11-13H2,(H,25,29)/t15-/m1/s1. The summed E-state index contributed by atoms with van der Waals surface area (Å²) in [5.74, 6) is -0.574. The Morgan fingerprint density at radius 1 is 1.26 bits per heavy atom. The van der Waals surface area contributed by atoms with Crippen molar-refractivity contribution in [1.82, 2.24) is 14.9 Å². The summed E-state index contributed by atoms with van der Waals surface area (Å²) >= 11 is 0. The first-order valence-corrected chi connectivity index (χ1v) is 12.5. The van der Waals surface area contributed by atoms with Crippen LogP contribution in [-0.4, -0.2) is 63.5 Å². The van der Waals surface area contributed by atoms with Gasteiger partial charge in [0.05, 0.1) is 10.9 Å². The van der Waals surface area contributed by atoms with E-state index in [4.69, 9.17) is 4.74 Å². The molecule has 1 aromatic rings. The smallest absolute Gasteiger partial charge is 0.447 e. The molecule has 1 atom stereocenters. The molecule has 188 valence electrons. The second-order valence-electron chi connectivity index (χ2n) is 9.15. The molecule has 2 amide bonds. The Kier molecular flexibility index (Phi) is 6.69. The molecule has 2 N–H and O–H groups in total. The topological polar surface area (TPSA) is 114 Å². The molecule has 34 heavy (non-hydrogen) atoms. The molecule has 1 aliphatic carbocycles. The molecule has 1 aromatic carbocycles. The van der Waals surface area contributed by atoms with Gasteiger partial charge in [-0.1, -0.05) is 6.07 Å². The van der Waals surface area contributed by atoms with E-state index in [1.807, 2.05) is 0 Å². The first-order valence-electron chi connectivity index (χ1n) is 11.0. The zero-order chi connectivity index (χ0) is 24.6. The van der Waals surface area contributed by atoms with Gasteiger partial charge in [-0.05, 0) is 44.2 Å². The zero-order valence-corrected chi connectivity index (χ0v) is 19.1. The van der Waals surface area contributed by atoms with Crippen molar-refractivity contribution in [3.63, 3.8) is 0 Å². The molecule has 3 fully saturated rings. The van der Waals surface area contributed by atoms with Gasteiger partial charge in [-0.15, -0.1) is 13.2 Å². The number of nitrogens with one attached hydrogen (secondary N) is 2. The molecule has 1 spiro atoms. The maximum Gasteiger partial charge on any atom is 0.573 e. The van der Waals surface area contributed by atoms with E-state index >= 15 is 0 Å². The van der Waals surface area contributed by atoms with E-state index in [0.717, 1.165) is 25.0 Å². The van der Waals surface area contributed by atoms with Gasteiger partial charge in [-0.25, -0.2) is 17.9 Å². The van der Waals surface area contributed by atoms with Crippen LogP contribution in [0.1, 0.15) is 38.5 Å². The fourth-order valence-corrected chi connectivity index (χ4v) is 6.11. The summed E-state index contributed by atoms with van der Waals surface area (Å²) in [6.07, 6.45) is -1.89. The van der Waals surface area contributed by atoms with Gasteiger partial charge in [-0.2, -0.15) is 0 Å². The Morgan fingerprint density at radius 2 is 1.97 bits per heavy atom. The average molecular weight is 506 g/mol. The van der Waals surface area contributed by atoms with Crippen molar-refractivity contribution in [3.8, 4) is 5.75 Å². The van der Waals surface area contributed by atoms with E-state index in [2.05, 4.69) is 14.8 Å². The second kappa shape index (κ2) is 9.25. The van der Waals surface area contributed by atoms with Crippen LogP contribution in [0.15, 0.2) is 29.2 Å². The predicted molar refractivity (Wildman–Crippen MR) is 112 cm³/mol. The molecule has 13 heteroatoms. The normalized spacial score (nSPS) is 22.7. The number of ether oxygens (including phenoxy) is 2. The maximum absolute atomic E-state index is 12.7. The predicted octanol–water partition coefficient (Wildman–Crippen LogP) is 2.52. The summed E-state index contributed by atoms with van der Waals surface area (Å²) in [6, 6.07) is 3.82. The molecule has 1 saturated carbocycles. The zero-order valence-electron chi connectivity index (χ0n) is 18.3. The van der Waals surface area contributed by atoms with E-state index in [9.17, 15) is 31.2 Å². The largest absolute Gasteiger partial charge is 0.573 e. The first-order chi connectivity index (χ1) is 15.9. The SMILES string of the molecule is O=C1N[C@H](CCC(=O)N2CC3(CCC(NS(=O)(=O)c4cccc(OC(F)(F)F)c4)CC3)C2)CO1. The molecule has 0 bridgehead atoms. The summed E-state index contributed by atoms with van der Waals surface area (Å²) in [5.41, 5.74) is -0.0250. The minimum absolute atomic E-state index is 0.0237. The van der Waals surface area contributed by atoms with Crippen molar-refractivity contribution in [2.24, 2.45) is 5.41 Å². The minimum atomic E-state index is -4.91. The van der Waals surface area contributed by atoms with Gasteiger partial charge in [0, 0.05) is 37.0 Å². The van der Waals surface area contributed by atoms with Crippen molar-refractivity contribution in [2.45, 2.75) is 61.9 Å². The lowest BCUT2D eigenvalue weighted by atomic mass is 9.67. The summed E-state index contributed by atoms with van der Waals surface area (Å²) < 4.78 is 73.8. The molecule has 0 unspecified atom stereocenters. The van der Waals surface area contributed by atoms with Gasteiger partial charge in [0.25, 0.3) is 0 Å². The van der Waals surface area contributed by atoms with E-state index < -0.39 is 28.2 Å². The second-order valence-corrected chi connectivity index (χ2v) is 10.9. The van der Waals surface area contributed by atoms with Crippen molar-refractivity contribution in [2.75, 3.05) is 19.7 Å². The van der Waals surface area contributed by atoms with Gasteiger partial charge in [-0.3, -0.25) is 4.79 Å². The molecule has 9 nitrogen and oxygen atoms in total. The van der Waals surface area contributed by atoms with Crippen LogP contribution in [0.4, 0.5) is 18.0 Å². The summed E-state index contributed by atoms with van der Waals surface area (Å²) in [4.78, 5) is 24.9. The number of likely N-dealkylation sites (tertiary alicyclic amines) is 1. The van der Waals surface area contributed by atoms with E-state index in [1.165, 1.54) is 12.1 Å². The van der Waals surface area contributed by atoms with Gasteiger partial charge in [0.15, 0.2) is 0 Å². The Hall–Kier alpha value is -2.54. The quantitative estimate of drug-likeness (QED) is 0.589. The van der Waals surface area contributed by atoms with Crippen molar-refractivity contribution in [1.29, 1.82) is 0 Å². The summed E-state index contributed by atoms with van der Waals surface area (Å²) in [5, 5.41) is 2.64. The lowest BCUT2D eigenvalue weighted by Crippen LogP contribution is -2.60. The molecule has 3 aliphatic rings. The summed E-state index contributed by atoms with van der Waals surface area (Å²) in [6.45, 7) is 1.51. The van der Waals surface area contributed by atoms with Crippen LogP contribution in [0.2, 0.25) is 0 Å². The third-order valence-corrected chi connectivity index (χ3v) is 8.09. The first kappa shape index (κ1) is 24.6. The van der Waals surface area contributed by atoms with Crippen molar-refractivity contribution < 1.29 is 40.7 Å². The molecule has 0 aromatic heterocycles. The number of alkyl halides is 3. The van der Waals surface area contributed by atoms with E-state index in [0.29, 0.717) is 38.8 Å². The van der Waals surface area contributed by atoms with Crippen LogP contribution in [0.25, 0.3) is 0 Å². The lowest BCUT2D eigenvalue weighted by Gasteiger charge is -2.53. The lowest BCUT2D eigenvalue weighted by molar-refractivity contribution is -0.274. The van der Waals surface area contributed by atoms with Crippen LogP contribution >= 0.6 is 0 Å².